The van der Waals surface area contributed by atoms with Crippen LogP contribution in [0.2, 0.25) is 0 Å². The second-order valence-electron chi connectivity index (χ2n) is 12.4. The van der Waals surface area contributed by atoms with Gasteiger partial charge >= 0.3 is 0 Å². The van der Waals surface area contributed by atoms with Crippen molar-refractivity contribution in [1.82, 2.24) is 9.97 Å². The first kappa shape index (κ1) is 26.7. The molecule has 0 amide bonds. The Bertz CT molecular complexity index is 2300. The molecule has 7 rings (SSSR count). The van der Waals surface area contributed by atoms with Crippen LogP contribution in [0.5, 0.6) is 0 Å². The van der Waals surface area contributed by atoms with E-state index in [0.717, 1.165) is 38.8 Å². The van der Waals surface area contributed by atoms with Gasteiger partial charge in [-0.15, -0.1) is 53.6 Å². The Morgan fingerprint density at radius 3 is 2.34 bits per heavy atom. The summed E-state index contributed by atoms with van der Waals surface area (Å²) in [4.78, 5) is 8.72. The first-order valence-electron chi connectivity index (χ1n) is 18.5. The molecule has 0 N–H and O–H groups in total. The largest absolute Gasteiger partial charge is 0.501 e. The average molecular weight is 799 g/mol. The van der Waals surface area contributed by atoms with Crippen LogP contribution in [-0.4, -0.2) is 9.97 Å². The van der Waals surface area contributed by atoms with Crippen LogP contribution in [0.1, 0.15) is 63.7 Å². The zero-order chi connectivity index (χ0) is 37.3. The van der Waals surface area contributed by atoms with Gasteiger partial charge in [0.05, 0.1) is 5.58 Å². The van der Waals surface area contributed by atoms with E-state index in [2.05, 4.69) is 90.5 Å². The topological polar surface area (TPSA) is 38.9 Å². The maximum atomic E-state index is 7.65. The summed E-state index contributed by atoms with van der Waals surface area (Å²) in [6.45, 7) is 4.18. The van der Waals surface area contributed by atoms with Gasteiger partial charge in [0.25, 0.3) is 0 Å². The fraction of sp³-hybridized carbons (Fsp3) is 0.209. The Balaban J connectivity index is 0.000000203. The first-order valence-corrected chi connectivity index (χ1v) is 15.5. The van der Waals surface area contributed by atoms with Crippen molar-refractivity contribution in [2.45, 2.75) is 53.2 Å². The number of fused-ring (bicyclic) bond motifs is 3. The zero-order valence-electron chi connectivity index (χ0n) is 32.9. The Labute approximate surface area is 300 Å². The quantitative estimate of drug-likeness (QED) is 0.157. The van der Waals surface area contributed by atoms with Crippen molar-refractivity contribution in [2.24, 2.45) is 5.92 Å². The summed E-state index contributed by atoms with van der Waals surface area (Å²) < 4.78 is 51.5. The molecule has 47 heavy (non-hydrogen) atoms. The maximum Gasteiger partial charge on any atom is 0.121 e. The van der Waals surface area contributed by atoms with Crippen LogP contribution in [0, 0.1) is 31.8 Å². The molecule has 3 heterocycles. The minimum absolute atomic E-state index is 0. The van der Waals surface area contributed by atoms with Gasteiger partial charge in [0.15, 0.2) is 0 Å². The summed E-state index contributed by atoms with van der Waals surface area (Å²) in [7, 11) is 0. The number of furan rings is 1. The van der Waals surface area contributed by atoms with Gasteiger partial charge in [0, 0.05) is 51.5 Å². The Kier molecular flexibility index (Phi) is 8.28. The van der Waals surface area contributed by atoms with Crippen LogP contribution in [0.25, 0.3) is 44.5 Å². The summed E-state index contributed by atoms with van der Waals surface area (Å²) in [6.07, 6.45) is 3.83. The van der Waals surface area contributed by atoms with Gasteiger partial charge in [-0.2, -0.15) is 0 Å². The molecular formula is C43H40IrN2O-2. The van der Waals surface area contributed by atoms with Crippen molar-refractivity contribution >= 4 is 21.9 Å². The zero-order valence-corrected chi connectivity index (χ0v) is 29.3. The molecule has 239 valence electrons. The molecular weight excluding hydrogens is 753 g/mol. The molecule has 0 aliphatic carbocycles. The molecule has 0 unspecified atom stereocenters. The third-order valence-electron chi connectivity index (χ3n) is 8.28. The molecule has 0 spiro atoms. The molecule has 0 aliphatic heterocycles. The van der Waals surface area contributed by atoms with Crippen LogP contribution >= 0.6 is 0 Å². The first-order chi connectivity index (χ1) is 24.6. The maximum absolute atomic E-state index is 7.65. The molecule has 0 fully saturated rings. The fourth-order valence-corrected chi connectivity index (χ4v) is 5.69. The van der Waals surface area contributed by atoms with E-state index in [9.17, 15) is 0 Å². The number of aromatic nitrogens is 2. The van der Waals surface area contributed by atoms with E-state index in [-0.39, 0.29) is 36.6 Å². The second-order valence-corrected chi connectivity index (χ2v) is 12.4. The number of hydrogen-bond donors (Lipinski definition) is 0. The predicted octanol–water partition coefficient (Wildman–Crippen LogP) is 11.1. The van der Waals surface area contributed by atoms with E-state index < -0.39 is 13.7 Å². The third-order valence-corrected chi connectivity index (χ3v) is 8.28. The van der Waals surface area contributed by atoms with E-state index in [1.807, 2.05) is 38.1 Å². The van der Waals surface area contributed by atoms with Gasteiger partial charge in [-0.25, -0.2) is 0 Å². The van der Waals surface area contributed by atoms with Gasteiger partial charge in [-0.3, -0.25) is 0 Å². The van der Waals surface area contributed by atoms with Crippen LogP contribution in [0.3, 0.4) is 0 Å². The predicted molar refractivity (Wildman–Crippen MR) is 191 cm³/mol. The number of pyridine rings is 2. The summed E-state index contributed by atoms with van der Waals surface area (Å²) in [5.74, 6) is 0.309. The van der Waals surface area contributed by atoms with Crippen molar-refractivity contribution in [3.63, 3.8) is 0 Å². The van der Waals surface area contributed by atoms with Crippen LogP contribution in [-0.2, 0) is 31.9 Å². The van der Waals surface area contributed by atoms with Crippen molar-refractivity contribution in [3.05, 3.63) is 155 Å². The molecule has 7 aromatic rings. The fourth-order valence-electron chi connectivity index (χ4n) is 5.69. The monoisotopic (exact) mass is 799 g/mol. The number of rotatable bonds is 6. The average Bonchev–Trinajstić information content (AvgIpc) is 3.50. The third kappa shape index (κ3) is 7.46. The van der Waals surface area contributed by atoms with Crippen molar-refractivity contribution in [3.8, 4) is 22.5 Å². The Morgan fingerprint density at radius 1 is 0.809 bits per heavy atom. The molecule has 3 aromatic heterocycles. The standard InChI is InChI=1S/C26H20NO.C17H20N.Ir/c1-26(2,18-9-4-3-5-10-18)19-14-15-20-21-11-8-12-22(23-13-6-7-16-27-23)25(21)28-24(20)17-19;1-12(2)9-16-10-17(18-11-14(16)4)15-7-5-13(3)6-8-15;/h3-11,13-17H,1-2H3;5-7,10-12H,9H2,1-4H3;/q2*-1;/i;3D3,4D3;. The summed E-state index contributed by atoms with van der Waals surface area (Å²) in [6, 6.07) is 39.7. The second kappa shape index (κ2) is 14.6. The summed E-state index contributed by atoms with van der Waals surface area (Å²) >= 11 is 0. The molecule has 4 aromatic carbocycles. The van der Waals surface area contributed by atoms with E-state index in [1.54, 1.807) is 18.3 Å². The molecule has 0 saturated carbocycles. The van der Waals surface area contributed by atoms with Gasteiger partial charge in [-0.1, -0.05) is 112 Å². The van der Waals surface area contributed by atoms with E-state index >= 15 is 0 Å². The summed E-state index contributed by atoms with van der Waals surface area (Å²) in [5.41, 5.74) is 8.37. The Morgan fingerprint density at radius 2 is 1.64 bits per heavy atom. The van der Waals surface area contributed by atoms with E-state index in [0.29, 0.717) is 23.6 Å². The smallest absolute Gasteiger partial charge is 0.121 e. The number of nitrogens with zero attached hydrogens (tertiary/aromatic N) is 2. The van der Waals surface area contributed by atoms with Gasteiger partial charge < -0.3 is 14.4 Å². The molecule has 1 radical (unpaired) electrons. The van der Waals surface area contributed by atoms with Gasteiger partial charge in [0.2, 0.25) is 0 Å². The Hall–Kier alpha value is -4.37. The molecule has 4 heteroatoms. The minimum atomic E-state index is -2.20. The number of hydrogen-bond acceptors (Lipinski definition) is 3. The summed E-state index contributed by atoms with van der Waals surface area (Å²) in [5, 5.41) is 2.22. The van der Waals surface area contributed by atoms with Crippen molar-refractivity contribution in [2.75, 3.05) is 0 Å². The number of aryl methyl sites for hydroxylation is 2. The van der Waals surface area contributed by atoms with Crippen LogP contribution in [0.4, 0.5) is 0 Å². The van der Waals surface area contributed by atoms with Crippen LogP contribution in [0.15, 0.2) is 120 Å². The molecule has 0 atom stereocenters. The molecule has 0 bridgehead atoms. The number of benzene rings is 4. The van der Waals surface area contributed by atoms with Gasteiger partial charge in [0.1, 0.15) is 5.58 Å². The SMILES string of the molecule is CC(C)(c1ccccc1)c1ccc2c(c1)oc1c(-c3ccccn3)[c-]ccc12.[2H]C([2H])([2H])c1c[c-]c(-c2cc(CC(C)C)c(C([2H])([2H])[2H])cn2)cc1.[Ir]. The van der Waals surface area contributed by atoms with E-state index in [4.69, 9.17) is 12.6 Å². The normalized spacial score (nSPS) is 13.7. The van der Waals surface area contributed by atoms with Gasteiger partial charge in [-0.05, 0) is 59.4 Å². The molecule has 0 aliphatic rings. The van der Waals surface area contributed by atoms with Crippen molar-refractivity contribution < 1.29 is 32.7 Å². The van der Waals surface area contributed by atoms with E-state index in [1.165, 1.54) is 29.5 Å². The van der Waals surface area contributed by atoms with Crippen molar-refractivity contribution in [1.29, 1.82) is 0 Å². The molecule has 0 saturated heterocycles. The van der Waals surface area contributed by atoms with Crippen LogP contribution < -0.4 is 0 Å². The minimum Gasteiger partial charge on any atom is -0.501 e. The molecule has 3 nitrogen and oxygen atoms in total.